The molecular weight excluding hydrogens is 201 g/mol. The van der Waals surface area contributed by atoms with Gasteiger partial charge in [0.1, 0.15) is 11.7 Å². The van der Waals surface area contributed by atoms with Gasteiger partial charge < -0.3 is 0 Å². The van der Waals surface area contributed by atoms with Crippen molar-refractivity contribution in [3.05, 3.63) is 59.7 Å². The van der Waals surface area contributed by atoms with Crippen LogP contribution >= 0.6 is 0 Å². The van der Waals surface area contributed by atoms with Crippen LogP contribution in [0.1, 0.15) is 12.0 Å². The molecule has 0 nitrogen and oxygen atoms in total. The molecule has 15 heavy (non-hydrogen) atoms. The molecule has 78 valence electrons. The lowest BCUT2D eigenvalue weighted by Crippen LogP contribution is -2.19. The van der Waals surface area contributed by atoms with E-state index in [1.54, 1.807) is 18.2 Å². The van der Waals surface area contributed by atoms with E-state index < -0.39 is 23.7 Å². The zero-order valence-electron chi connectivity index (χ0n) is 7.88. The smallest absolute Gasteiger partial charge is 0.163 e. The van der Waals surface area contributed by atoms with Gasteiger partial charge in [-0.3, -0.25) is 0 Å². The lowest BCUT2D eigenvalue weighted by molar-refractivity contribution is 0.211. The van der Waals surface area contributed by atoms with E-state index in [0.29, 0.717) is 6.08 Å². The maximum Gasteiger partial charge on any atom is 0.163 e. The lowest BCUT2D eigenvalue weighted by atomic mass is 9.88. The van der Waals surface area contributed by atoms with Gasteiger partial charge in [0, 0.05) is 12.5 Å². The molecule has 0 bridgehead atoms. The van der Waals surface area contributed by atoms with Crippen molar-refractivity contribution in [2.45, 2.75) is 12.1 Å². The number of benzene rings is 1. The summed E-state index contributed by atoms with van der Waals surface area (Å²) in [5.41, 5.74) is -1.80. The summed E-state index contributed by atoms with van der Waals surface area (Å²) in [5.74, 6) is -1.65. The molecule has 1 atom stereocenters. The minimum Gasteiger partial charge on any atom is -0.233 e. The molecule has 1 aliphatic carbocycles. The first-order valence-corrected chi connectivity index (χ1v) is 4.59. The van der Waals surface area contributed by atoms with Crippen LogP contribution in [0.2, 0.25) is 0 Å². The van der Waals surface area contributed by atoms with Crippen LogP contribution in [0, 0.1) is 0 Å². The van der Waals surface area contributed by atoms with Crippen LogP contribution in [0.4, 0.5) is 13.2 Å². The molecule has 1 aromatic rings. The van der Waals surface area contributed by atoms with E-state index in [2.05, 4.69) is 0 Å². The molecule has 1 unspecified atom stereocenters. The van der Waals surface area contributed by atoms with Crippen LogP contribution in [-0.2, 0) is 5.67 Å². The Morgan fingerprint density at radius 1 is 1.07 bits per heavy atom. The van der Waals surface area contributed by atoms with Crippen LogP contribution in [0.3, 0.4) is 0 Å². The summed E-state index contributed by atoms with van der Waals surface area (Å²) in [5, 5.41) is 0. The highest BCUT2D eigenvalue weighted by Crippen LogP contribution is 2.39. The van der Waals surface area contributed by atoms with E-state index in [-0.39, 0.29) is 5.56 Å². The number of allylic oxidation sites excluding steroid dienone is 4. The van der Waals surface area contributed by atoms with Crippen molar-refractivity contribution in [2.75, 3.05) is 0 Å². The minimum absolute atomic E-state index is 0.267. The number of halogens is 3. The highest BCUT2D eigenvalue weighted by molar-refractivity contribution is 5.35. The summed E-state index contributed by atoms with van der Waals surface area (Å²) in [6, 6.07) is 8.03. The summed E-state index contributed by atoms with van der Waals surface area (Å²) in [4.78, 5) is 0. The monoisotopic (exact) mass is 210 g/mol. The quantitative estimate of drug-likeness (QED) is 0.658. The Hall–Kier alpha value is -1.51. The van der Waals surface area contributed by atoms with Gasteiger partial charge in [0.25, 0.3) is 0 Å². The van der Waals surface area contributed by atoms with Crippen LogP contribution in [0.25, 0.3) is 0 Å². The first-order valence-electron chi connectivity index (χ1n) is 4.59. The van der Waals surface area contributed by atoms with Gasteiger partial charge in [-0.2, -0.15) is 0 Å². The average Bonchev–Trinajstić information content (AvgIpc) is 2.17. The van der Waals surface area contributed by atoms with Crippen LogP contribution in [-0.4, -0.2) is 0 Å². The molecule has 0 saturated heterocycles. The predicted octanol–water partition coefficient (Wildman–Crippen LogP) is 3.96. The fraction of sp³-hybridized carbons (Fsp3) is 0.167. The Morgan fingerprint density at radius 2 is 1.73 bits per heavy atom. The molecule has 0 saturated carbocycles. The second kappa shape index (κ2) is 3.57. The fourth-order valence-corrected chi connectivity index (χ4v) is 1.66. The van der Waals surface area contributed by atoms with E-state index in [9.17, 15) is 13.2 Å². The van der Waals surface area contributed by atoms with E-state index in [0.717, 1.165) is 6.08 Å². The third-order valence-corrected chi connectivity index (χ3v) is 2.34. The van der Waals surface area contributed by atoms with Crippen molar-refractivity contribution in [1.29, 1.82) is 0 Å². The van der Waals surface area contributed by atoms with Gasteiger partial charge in [-0.1, -0.05) is 30.3 Å². The Morgan fingerprint density at radius 3 is 2.33 bits per heavy atom. The molecule has 0 N–H and O–H groups in total. The third kappa shape index (κ3) is 1.96. The first kappa shape index (κ1) is 10.0. The highest BCUT2D eigenvalue weighted by Gasteiger charge is 2.34. The van der Waals surface area contributed by atoms with Gasteiger partial charge in [-0.25, -0.2) is 13.2 Å². The van der Waals surface area contributed by atoms with Gasteiger partial charge >= 0.3 is 0 Å². The van der Waals surface area contributed by atoms with Crippen molar-refractivity contribution < 1.29 is 13.2 Å². The Bertz CT molecular complexity index is 420. The van der Waals surface area contributed by atoms with Gasteiger partial charge in [0.15, 0.2) is 5.67 Å². The maximum atomic E-state index is 14.2. The number of alkyl halides is 1. The number of hydrogen-bond donors (Lipinski definition) is 0. The first-order chi connectivity index (χ1) is 7.10. The van der Waals surface area contributed by atoms with E-state index >= 15 is 0 Å². The summed E-state index contributed by atoms with van der Waals surface area (Å²) in [6.45, 7) is 0. The molecule has 0 spiro atoms. The summed E-state index contributed by atoms with van der Waals surface area (Å²) >= 11 is 0. The highest BCUT2D eigenvalue weighted by atomic mass is 19.2. The molecule has 0 amide bonds. The van der Waals surface area contributed by atoms with Gasteiger partial charge in [-0.05, 0) is 11.6 Å². The van der Waals surface area contributed by atoms with Crippen molar-refractivity contribution in [2.24, 2.45) is 0 Å². The summed E-state index contributed by atoms with van der Waals surface area (Å²) in [6.07, 6.45) is 1.08. The van der Waals surface area contributed by atoms with Crippen LogP contribution in [0.15, 0.2) is 54.1 Å². The molecule has 0 aromatic heterocycles. The Kier molecular flexibility index (Phi) is 2.39. The molecule has 0 radical (unpaired) electrons. The van der Waals surface area contributed by atoms with E-state index in [4.69, 9.17) is 0 Å². The van der Waals surface area contributed by atoms with Crippen molar-refractivity contribution in [3.63, 3.8) is 0 Å². The standard InChI is InChI=1S/C12H9F3/c13-10-6-11(14)8-12(15,7-10)9-4-2-1-3-5-9/h1-7H,8H2. The predicted molar refractivity (Wildman–Crippen MR) is 52.2 cm³/mol. The number of rotatable bonds is 1. The zero-order valence-corrected chi connectivity index (χ0v) is 7.88. The second-order valence-corrected chi connectivity index (χ2v) is 3.53. The SMILES string of the molecule is FC1=CC(F)(c2ccccc2)CC(F)=C1. The summed E-state index contributed by atoms with van der Waals surface area (Å²) in [7, 11) is 0. The molecule has 1 aromatic carbocycles. The molecule has 0 heterocycles. The molecule has 2 rings (SSSR count). The number of hydrogen-bond acceptors (Lipinski definition) is 0. The normalized spacial score (nSPS) is 25.8. The molecule has 3 heteroatoms. The zero-order chi connectivity index (χ0) is 10.9. The van der Waals surface area contributed by atoms with Crippen LogP contribution in [0.5, 0.6) is 0 Å². The van der Waals surface area contributed by atoms with Crippen molar-refractivity contribution >= 4 is 0 Å². The third-order valence-electron chi connectivity index (χ3n) is 2.34. The topological polar surface area (TPSA) is 0 Å². The Balaban J connectivity index is 2.42. The lowest BCUT2D eigenvalue weighted by Gasteiger charge is -2.23. The molecular formula is C12H9F3. The maximum absolute atomic E-state index is 14.2. The fourth-order valence-electron chi connectivity index (χ4n) is 1.66. The molecule has 0 aliphatic heterocycles. The largest absolute Gasteiger partial charge is 0.233 e. The van der Waals surface area contributed by atoms with Crippen molar-refractivity contribution in [1.82, 2.24) is 0 Å². The minimum atomic E-state index is -2.07. The van der Waals surface area contributed by atoms with Gasteiger partial charge in [0.2, 0.25) is 0 Å². The molecule has 0 fully saturated rings. The van der Waals surface area contributed by atoms with E-state index in [1.807, 2.05) is 0 Å². The summed E-state index contributed by atoms with van der Waals surface area (Å²) < 4.78 is 40.1. The Labute approximate surface area is 85.7 Å². The van der Waals surface area contributed by atoms with Gasteiger partial charge in [0.05, 0.1) is 0 Å². The average molecular weight is 210 g/mol. The van der Waals surface area contributed by atoms with Crippen LogP contribution < -0.4 is 0 Å². The van der Waals surface area contributed by atoms with Gasteiger partial charge in [-0.15, -0.1) is 0 Å². The second-order valence-electron chi connectivity index (χ2n) is 3.53. The van der Waals surface area contributed by atoms with Crippen molar-refractivity contribution in [3.8, 4) is 0 Å². The molecule has 1 aliphatic rings. The van der Waals surface area contributed by atoms with E-state index in [1.165, 1.54) is 12.1 Å².